The van der Waals surface area contributed by atoms with Gasteiger partial charge in [-0.25, -0.2) is 14.5 Å². The fraction of sp³-hybridized carbons (Fsp3) is 0.444. The van der Waals surface area contributed by atoms with Gasteiger partial charge in [0.1, 0.15) is 6.61 Å². The highest BCUT2D eigenvalue weighted by atomic mass is 35.5. The summed E-state index contributed by atoms with van der Waals surface area (Å²) >= 11 is 6.12. The van der Waals surface area contributed by atoms with Crippen LogP contribution >= 0.6 is 11.6 Å². The Bertz CT molecular complexity index is 1050. The number of carbonyl (C=O) groups is 3. The van der Waals surface area contributed by atoms with E-state index in [1.165, 1.54) is 9.80 Å². The maximum atomic E-state index is 14.3. The van der Waals surface area contributed by atoms with E-state index in [9.17, 15) is 19.5 Å². The number of benzene rings is 2. The van der Waals surface area contributed by atoms with Crippen molar-refractivity contribution < 1.29 is 24.2 Å². The summed E-state index contributed by atoms with van der Waals surface area (Å²) in [7, 11) is 0. The summed E-state index contributed by atoms with van der Waals surface area (Å²) in [6, 6.07) is 14.7. The van der Waals surface area contributed by atoms with Crippen LogP contribution in [0.1, 0.15) is 51.7 Å². The number of hydrogen-bond donors (Lipinski definition) is 1. The quantitative estimate of drug-likeness (QED) is 0.517. The Morgan fingerprint density at radius 1 is 1.11 bits per heavy atom. The molecule has 0 aliphatic carbocycles. The van der Waals surface area contributed by atoms with Crippen LogP contribution in [0.2, 0.25) is 5.02 Å². The second kappa shape index (κ2) is 10.7. The molecule has 3 rings (SSSR count). The number of hydrogen-bond acceptors (Lipinski definition) is 4. The topological polar surface area (TPSA) is 87.2 Å². The Kier molecular flexibility index (Phi) is 8.11. The fourth-order valence-corrected chi connectivity index (χ4v) is 4.91. The van der Waals surface area contributed by atoms with Crippen molar-refractivity contribution in [2.24, 2.45) is 5.41 Å². The van der Waals surface area contributed by atoms with Gasteiger partial charge in [0.2, 0.25) is 5.91 Å². The van der Waals surface area contributed by atoms with Gasteiger partial charge in [0, 0.05) is 11.1 Å². The number of amides is 3. The van der Waals surface area contributed by atoms with Crippen LogP contribution in [0.25, 0.3) is 0 Å². The Morgan fingerprint density at radius 2 is 1.71 bits per heavy atom. The third-order valence-corrected chi connectivity index (χ3v) is 6.54. The highest BCUT2D eigenvalue weighted by molar-refractivity contribution is 6.30. The Morgan fingerprint density at radius 3 is 2.23 bits per heavy atom. The molecule has 0 saturated carbocycles. The zero-order chi connectivity index (χ0) is 25.9. The number of imide groups is 1. The molecule has 3 atom stereocenters. The molecule has 3 amide bonds. The zero-order valence-electron chi connectivity index (χ0n) is 20.8. The molecule has 1 aliphatic heterocycles. The molecule has 1 fully saturated rings. The van der Waals surface area contributed by atoms with Gasteiger partial charge in [-0.2, -0.15) is 0 Å². The molecule has 1 heterocycles. The van der Waals surface area contributed by atoms with E-state index >= 15 is 0 Å². The van der Waals surface area contributed by atoms with E-state index in [1.807, 2.05) is 51.1 Å². The van der Waals surface area contributed by atoms with E-state index in [2.05, 4.69) is 0 Å². The molecule has 2 aromatic carbocycles. The first-order valence-corrected chi connectivity index (χ1v) is 12.1. The van der Waals surface area contributed by atoms with Crippen LogP contribution in [-0.4, -0.2) is 57.7 Å². The number of carbonyl (C=O) groups excluding carboxylic acids is 2. The predicted molar refractivity (Wildman–Crippen MR) is 135 cm³/mol. The number of nitrogens with zero attached hydrogens (tertiary/aromatic N) is 2. The lowest BCUT2D eigenvalue weighted by Crippen LogP contribution is -2.57. The SMILES string of the molecule is CC(C)N(C(=O)O)[C@@H](C(C(=O)N1C(=O)OC[C@@H]1Cc1ccccc1)c1ccc(Cl)cc1)C(C)(C)C. The maximum Gasteiger partial charge on any atom is 0.417 e. The summed E-state index contributed by atoms with van der Waals surface area (Å²) in [6.45, 7) is 9.33. The number of ether oxygens (including phenoxy) is 1. The van der Waals surface area contributed by atoms with Crippen LogP contribution in [0.5, 0.6) is 0 Å². The van der Waals surface area contributed by atoms with Gasteiger partial charge in [0.05, 0.1) is 18.0 Å². The van der Waals surface area contributed by atoms with Gasteiger partial charge in [0.15, 0.2) is 0 Å². The van der Waals surface area contributed by atoms with Crippen molar-refractivity contribution in [3.63, 3.8) is 0 Å². The number of carboxylic acid groups (broad SMARTS) is 1. The van der Waals surface area contributed by atoms with Crippen LogP contribution in [0, 0.1) is 5.41 Å². The van der Waals surface area contributed by atoms with E-state index < -0.39 is 47.6 Å². The molecule has 188 valence electrons. The third-order valence-electron chi connectivity index (χ3n) is 6.29. The third kappa shape index (κ3) is 5.96. The van der Waals surface area contributed by atoms with E-state index in [-0.39, 0.29) is 6.61 Å². The summed E-state index contributed by atoms with van der Waals surface area (Å²) in [4.78, 5) is 42.0. The van der Waals surface area contributed by atoms with Crippen molar-refractivity contribution in [2.45, 2.75) is 65.1 Å². The summed E-state index contributed by atoms with van der Waals surface area (Å²) < 4.78 is 5.31. The first-order valence-electron chi connectivity index (χ1n) is 11.7. The van der Waals surface area contributed by atoms with Crippen molar-refractivity contribution in [1.82, 2.24) is 9.80 Å². The van der Waals surface area contributed by atoms with Gasteiger partial charge >= 0.3 is 12.2 Å². The first kappa shape index (κ1) is 26.5. The van der Waals surface area contributed by atoms with Gasteiger partial charge in [-0.05, 0) is 48.9 Å². The predicted octanol–water partition coefficient (Wildman–Crippen LogP) is 5.82. The molecule has 0 spiro atoms. The number of rotatable bonds is 7. The molecule has 8 heteroatoms. The van der Waals surface area contributed by atoms with Crippen LogP contribution < -0.4 is 0 Å². The average Bonchev–Trinajstić information content (AvgIpc) is 3.13. The highest BCUT2D eigenvalue weighted by Gasteiger charge is 2.49. The van der Waals surface area contributed by atoms with Crippen LogP contribution in [0.15, 0.2) is 54.6 Å². The smallest absolute Gasteiger partial charge is 0.417 e. The monoisotopic (exact) mass is 500 g/mol. The second-order valence-corrected chi connectivity index (χ2v) is 10.7. The van der Waals surface area contributed by atoms with Gasteiger partial charge in [0.25, 0.3) is 0 Å². The molecular formula is C27H33ClN2O5. The van der Waals surface area contributed by atoms with Gasteiger partial charge in [-0.15, -0.1) is 0 Å². The Balaban J connectivity index is 2.12. The van der Waals surface area contributed by atoms with E-state index in [0.29, 0.717) is 17.0 Å². The maximum absolute atomic E-state index is 14.3. The lowest BCUT2D eigenvalue weighted by atomic mass is 9.74. The summed E-state index contributed by atoms with van der Waals surface area (Å²) in [5.41, 5.74) is 0.920. The average molecular weight is 501 g/mol. The minimum Gasteiger partial charge on any atom is -0.465 e. The van der Waals surface area contributed by atoms with Crippen molar-refractivity contribution >= 4 is 29.7 Å². The van der Waals surface area contributed by atoms with Crippen molar-refractivity contribution in [3.05, 3.63) is 70.7 Å². The summed E-state index contributed by atoms with van der Waals surface area (Å²) in [5, 5.41) is 10.6. The fourth-order valence-electron chi connectivity index (χ4n) is 4.79. The van der Waals surface area contributed by atoms with Crippen LogP contribution in [0.3, 0.4) is 0 Å². The molecule has 1 N–H and O–H groups in total. The molecule has 1 unspecified atom stereocenters. The van der Waals surface area contributed by atoms with Gasteiger partial charge in [-0.1, -0.05) is 74.8 Å². The molecule has 1 saturated heterocycles. The molecule has 7 nitrogen and oxygen atoms in total. The highest BCUT2D eigenvalue weighted by Crippen LogP contribution is 2.40. The number of halogens is 1. The van der Waals surface area contributed by atoms with E-state index in [1.54, 1.807) is 38.1 Å². The minimum atomic E-state index is -1.13. The molecule has 1 aliphatic rings. The van der Waals surface area contributed by atoms with E-state index in [0.717, 1.165) is 5.56 Å². The van der Waals surface area contributed by atoms with E-state index in [4.69, 9.17) is 16.3 Å². The van der Waals surface area contributed by atoms with Gasteiger partial charge in [-0.3, -0.25) is 4.79 Å². The molecule has 0 aromatic heterocycles. The molecule has 0 radical (unpaired) electrons. The van der Waals surface area contributed by atoms with Crippen molar-refractivity contribution in [3.8, 4) is 0 Å². The second-order valence-electron chi connectivity index (χ2n) is 10.3. The van der Waals surface area contributed by atoms with Crippen LogP contribution in [0.4, 0.5) is 9.59 Å². The molecule has 2 aromatic rings. The van der Waals surface area contributed by atoms with Gasteiger partial charge < -0.3 is 14.7 Å². The van der Waals surface area contributed by atoms with Crippen molar-refractivity contribution in [2.75, 3.05) is 6.61 Å². The largest absolute Gasteiger partial charge is 0.465 e. The van der Waals surface area contributed by atoms with Crippen LogP contribution in [-0.2, 0) is 16.0 Å². The minimum absolute atomic E-state index is 0.0832. The Hall–Kier alpha value is -3.06. The summed E-state index contributed by atoms with van der Waals surface area (Å²) in [5.74, 6) is -1.43. The van der Waals surface area contributed by atoms with Crippen molar-refractivity contribution in [1.29, 1.82) is 0 Å². The molecule has 0 bridgehead atoms. The lowest BCUT2D eigenvalue weighted by Gasteiger charge is -2.45. The molecule has 35 heavy (non-hydrogen) atoms. The normalized spacial score (nSPS) is 17.7. The Labute approximate surface area is 211 Å². The summed E-state index contributed by atoms with van der Waals surface area (Å²) in [6.07, 6.45) is -1.40. The number of cyclic esters (lactones) is 1. The molecular weight excluding hydrogens is 468 g/mol. The standard InChI is InChI=1S/C27H33ClN2O5/c1-17(2)29(25(32)33)23(27(3,4)5)22(19-11-13-20(28)14-12-19)24(31)30-21(16-35-26(30)34)15-18-9-7-6-8-10-18/h6-14,17,21-23H,15-16H2,1-5H3,(H,32,33)/t21-,22?,23-/m0/s1. The zero-order valence-corrected chi connectivity index (χ0v) is 21.5. The first-order chi connectivity index (χ1) is 16.4. The lowest BCUT2D eigenvalue weighted by molar-refractivity contribution is -0.133.